The van der Waals surface area contributed by atoms with Crippen molar-refractivity contribution in [2.75, 3.05) is 0 Å². The zero-order valence-corrected chi connectivity index (χ0v) is 27.4. The molecule has 2 heterocycles. The van der Waals surface area contributed by atoms with Gasteiger partial charge in [0.1, 0.15) is 29.3 Å². The molecule has 7 rings (SSSR count). The Labute approximate surface area is 294 Å². The van der Waals surface area contributed by atoms with E-state index in [2.05, 4.69) is 33.9 Å². The number of carboxylic acids is 2. The Balaban J connectivity index is 0.000000183. The van der Waals surface area contributed by atoms with Crippen molar-refractivity contribution in [3.8, 4) is 23.3 Å². The molecule has 0 atom stereocenters. The summed E-state index contributed by atoms with van der Waals surface area (Å²) in [6, 6.07) is 43.1. The number of aromatic carboxylic acids is 2. The molecule has 0 unspecified atom stereocenters. The molecule has 250 valence electrons. The number of carbonyl (C=O) groups is 2. The predicted molar refractivity (Wildman–Crippen MR) is 196 cm³/mol. The molecule has 3 N–H and O–H groups in total. The first-order chi connectivity index (χ1) is 24.9. The first-order valence-electron chi connectivity index (χ1n) is 16.2. The van der Waals surface area contributed by atoms with Gasteiger partial charge < -0.3 is 20.1 Å². The van der Waals surface area contributed by atoms with Gasteiger partial charge in [-0.2, -0.15) is 0 Å². The molecule has 0 bridgehead atoms. The molecule has 0 aliphatic heterocycles. The second kappa shape index (κ2) is 15.9. The SMILES string of the molecule is O=C(O)c1cc(OCc2ccccc2)c2cccc(C#Cc3ccccc3)c2n1.O=C(O)c1ccc2c(CCc3ccccc3)ccc(O)c2n1. The highest BCUT2D eigenvalue weighted by Crippen LogP contribution is 2.29. The standard InChI is InChI=1S/C25H17NO3.C18H15NO3/c27-25(28)22-16-23(29-17-19-10-5-2-6-11-19)21-13-7-12-20(24(21)26-22)15-14-18-8-3-1-4-9-18;20-16-11-8-13(7-6-12-4-2-1-3-5-12)14-9-10-15(18(21)22)19-17(14)16/h1-13,16H,17H2,(H,27,28);1-5,8-11,20H,6-7H2,(H,21,22). The van der Waals surface area contributed by atoms with Crippen LogP contribution in [0.2, 0.25) is 0 Å². The van der Waals surface area contributed by atoms with E-state index in [0.29, 0.717) is 29.0 Å². The molecule has 0 aliphatic carbocycles. The van der Waals surface area contributed by atoms with Crippen LogP contribution in [0.25, 0.3) is 21.8 Å². The number of aromatic hydroxyl groups is 1. The van der Waals surface area contributed by atoms with Gasteiger partial charge in [0.15, 0.2) is 5.69 Å². The van der Waals surface area contributed by atoms with Crippen LogP contribution in [0.15, 0.2) is 140 Å². The molecule has 8 heteroatoms. The number of aromatic nitrogens is 2. The molecule has 0 fully saturated rings. The van der Waals surface area contributed by atoms with Crippen LogP contribution in [0.4, 0.5) is 0 Å². The number of fused-ring (bicyclic) bond motifs is 2. The van der Waals surface area contributed by atoms with Crippen molar-refractivity contribution < 1.29 is 29.6 Å². The van der Waals surface area contributed by atoms with Crippen molar-refractivity contribution in [2.24, 2.45) is 0 Å². The van der Waals surface area contributed by atoms with Gasteiger partial charge in [-0.3, -0.25) is 0 Å². The maximum atomic E-state index is 11.6. The number of carboxylic acid groups (broad SMARTS) is 2. The van der Waals surface area contributed by atoms with E-state index in [4.69, 9.17) is 9.84 Å². The summed E-state index contributed by atoms with van der Waals surface area (Å²) >= 11 is 0. The van der Waals surface area contributed by atoms with Gasteiger partial charge in [-0.05, 0) is 72.0 Å². The lowest BCUT2D eigenvalue weighted by molar-refractivity contribution is 0.0680. The van der Waals surface area contributed by atoms with Crippen LogP contribution < -0.4 is 4.74 Å². The van der Waals surface area contributed by atoms with Gasteiger partial charge >= 0.3 is 11.9 Å². The molecular weight excluding hydrogens is 640 g/mol. The van der Waals surface area contributed by atoms with Crippen LogP contribution in [-0.2, 0) is 19.4 Å². The van der Waals surface area contributed by atoms with Gasteiger partial charge in [0.25, 0.3) is 0 Å². The highest BCUT2D eigenvalue weighted by molar-refractivity contribution is 5.96. The number of pyridine rings is 2. The Morgan fingerprint density at radius 3 is 1.92 bits per heavy atom. The molecule has 0 spiro atoms. The zero-order valence-electron chi connectivity index (χ0n) is 27.4. The molecule has 5 aromatic carbocycles. The van der Waals surface area contributed by atoms with Crippen LogP contribution in [-0.4, -0.2) is 37.2 Å². The van der Waals surface area contributed by atoms with Gasteiger partial charge in [-0.25, -0.2) is 19.6 Å². The Morgan fingerprint density at radius 2 is 1.24 bits per heavy atom. The van der Waals surface area contributed by atoms with Crippen molar-refractivity contribution >= 4 is 33.7 Å². The maximum absolute atomic E-state index is 11.6. The smallest absolute Gasteiger partial charge is 0.354 e. The van der Waals surface area contributed by atoms with E-state index in [-0.39, 0.29) is 17.1 Å². The Hall–Kier alpha value is -6.98. The van der Waals surface area contributed by atoms with Crippen molar-refractivity contribution in [1.29, 1.82) is 0 Å². The fraction of sp³-hybridized carbons (Fsp3) is 0.0698. The van der Waals surface area contributed by atoms with Crippen LogP contribution >= 0.6 is 0 Å². The number of nitrogens with zero attached hydrogens (tertiary/aromatic N) is 2. The van der Waals surface area contributed by atoms with Crippen LogP contribution in [0.3, 0.4) is 0 Å². The lowest BCUT2D eigenvalue weighted by Crippen LogP contribution is -2.04. The average Bonchev–Trinajstić information content (AvgIpc) is 3.17. The van der Waals surface area contributed by atoms with E-state index >= 15 is 0 Å². The Morgan fingerprint density at radius 1 is 0.588 bits per heavy atom. The third-order valence-electron chi connectivity index (χ3n) is 8.04. The molecule has 0 saturated heterocycles. The number of aryl methyl sites for hydroxylation is 2. The molecular formula is C43H32N2O6. The number of para-hydroxylation sites is 1. The summed E-state index contributed by atoms with van der Waals surface area (Å²) in [4.78, 5) is 31.0. The number of phenols is 1. The molecule has 0 radical (unpaired) electrons. The summed E-state index contributed by atoms with van der Waals surface area (Å²) in [7, 11) is 0. The molecule has 7 aromatic rings. The normalized spacial score (nSPS) is 10.4. The van der Waals surface area contributed by atoms with Crippen LogP contribution in [0, 0.1) is 11.8 Å². The summed E-state index contributed by atoms with van der Waals surface area (Å²) in [5.41, 5.74) is 5.51. The zero-order chi connectivity index (χ0) is 35.6. The van der Waals surface area contributed by atoms with Gasteiger partial charge in [0.2, 0.25) is 0 Å². The first-order valence-corrected chi connectivity index (χ1v) is 16.2. The van der Waals surface area contributed by atoms with E-state index in [1.165, 1.54) is 17.7 Å². The average molecular weight is 673 g/mol. The minimum Gasteiger partial charge on any atom is -0.506 e. The number of hydrogen-bond acceptors (Lipinski definition) is 6. The third-order valence-corrected chi connectivity index (χ3v) is 8.04. The van der Waals surface area contributed by atoms with Crippen LogP contribution in [0.5, 0.6) is 11.5 Å². The van der Waals surface area contributed by atoms with Crippen molar-refractivity contribution in [3.63, 3.8) is 0 Å². The van der Waals surface area contributed by atoms with Gasteiger partial charge in [-0.1, -0.05) is 103 Å². The van der Waals surface area contributed by atoms with E-state index < -0.39 is 11.9 Å². The third kappa shape index (κ3) is 8.55. The van der Waals surface area contributed by atoms with E-state index in [0.717, 1.165) is 40.3 Å². The van der Waals surface area contributed by atoms with E-state index in [9.17, 15) is 19.8 Å². The predicted octanol–water partition coefficient (Wildman–Crippen LogP) is 8.34. The largest absolute Gasteiger partial charge is 0.506 e. The van der Waals surface area contributed by atoms with Gasteiger partial charge in [-0.15, -0.1) is 0 Å². The van der Waals surface area contributed by atoms with Crippen molar-refractivity contribution in [3.05, 3.63) is 179 Å². The number of phenolic OH excluding ortho intramolecular Hbond substituents is 1. The number of ether oxygens (including phenoxy) is 1. The molecule has 2 aromatic heterocycles. The van der Waals surface area contributed by atoms with E-state index in [1.807, 2.05) is 103 Å². The summed E-state index contributed by atoms with van der Waals surface area (Å²) < 4.78 is 5.96. The monoisotopic (exact) mass is 672 g/mol. The molecule has 0 amide bonds. The minimum absolute atomic E-state index is 0.00145. The van der Waals surface area contributed by atoms with Crippen molar-refractivity contribution in [2.45, 2.75) is 19.4 Å². The molecule has 51 heavy (non-hydrogen) atoms. The Bertz CT molecular complexity index is 2390. The lowest BCUT2D eigenvalue weighted by atomic mass is 10.00. The second-order valence-corrected chi connectivity index (χ2v) is 11.5. The summed E-state index contributed by atoms with van der Waals surface area (Å²) in [5.74, 6) is 4.47. The van der Waals surface area contributed by atoms with Gasteiger partial charge in [0, 0.05) is 22.4 Å². The molecule has 0 saturated carbocycles. The summed E-state index contributed by atoms with van der Waals surface area (Å²) in [6.07, 6.45) is 1.68. The van der Waals surface area contributed by atoms with E-state index in [1.54, 1.807) is 12.1 Å². The Kier molecular flexibility index (Phi) is 10.6. The number of hydrogen-bond donors (Lipinski definition) is 3. The number of rotatable bonds is 8. The summed E-state index contributed by atoms with van der Waals surface area (Å²) in [6.45, 7) is 0.332. The fourth-order valence-electron chi connectivity index (χ4n) is 5.47. The fourth-order valence-corrected chi connectivity index (χ4v) is 5.47. The highest BCUT2D eigenvalue weighted by Gasteiger charge is 2.15. The quantitative estimate of drug-likeness (QED) is 0.137. The molecule has 0 aliphatic rings. The minimum atomic E-state index is -1.11. The molecule has 8 nitrogen and oxygen atoms in total. The second-order valence-electron chi connectivity index (χ2n) is 11.5. The van der Waals surface area contributed by atoms with Gasteiger partial charge in [0.05, 0.1) is 11.1 Å². The maximum Gasteiger partial charge on any atom is 0.354 e. The topological polar surface area (TPSA) is 130 Å². The summed E-state index contributed by atoms with van der Waals surface area (Å²) in [5, 5.41) is 30.0. The number of benzene rings is 5. The first kappa shape index (κ1) is 33.9. The van der Waals surface area contributed by atoms with Crippen LogP contribution in [0.1, 0.15) is 48.8 Å². The highest BCUT2D eigenvalue weighted by atomic mass is 16.5. The van der Waals surface area contributed by atoms with Crippen molar-refractivity contribution in [1.82, 2.24) is 9.97 Å². The lowest BCUT2D eigenvalue weighted by Gasteiger charge is -2.11.